The molecule has 5 heteroatoms. The second-order valence-corrected chi connectivity index (χ2v) is 8.29. The minimum Gasteiger partial charge on any atom is -0.349 e. The van der Waals surface area contributed by atoms with Crippen molar-refractivity contribution in [2.45, 2.75) is 45.4 Å². The molecule has 0 spiro atoms. The summed E-state index contributed by atoms with van der Waals surface area (Å²) in [5.41, 5.74) is 1.59. The summed E-state index contributed by atoms with van der Waals surface area (Å²) in [6.45, 7) is 7.28. The molecule has 1 aromatic rings. The summed E-state index contributed by atoms with van der Waals surface area (Å²) in [6.07, 6.45) is 3.70. The molecular formula is C19H28N2O2S. The quantitative estimate of drug-likeness (QED) is 0.908. The van der Waals surface area contributed by atoms with Gasteiger partial charge in [-0.25, -0.2) is 0 Å². The standard InChI is InChI=1S/C19H28N2O2S/c1-19(2,3)18(23)21-11-9-16(10-12-21)20-17(22)15-7-5-14(6-8-15)13-24-4/h5-8,16H,9-13H2,1-4H3,(H,20,22). The Hall–Kier alpha value is -1.49. The Morgan fingerprint density at radius 2 is 1.75 bits per heavy atom. The first-order valence-electron chi connectivity index (χ1n) is 8.49. The molecule has 1 saturated heterocycles. The van der Waals surface area contributed by atoms with Crippen molar-refractivity contribution in [2.75, 3.05) is 19.3 Å². The molecule has 0 saturated carbocycles. The smallest absolute Gasteiger partial charge is 0.251 e. The lowest BCUT2D eigenvalue weighted by atomic mass is 9.93. The van der Waals surface area contributed by atoms with Crippen LogP contribution in [0.15, 0.2) is 24.3 Å². The number of benzene rings is 1. The van der Waals surface area contributed by atoms with Gasteiger partial charge in [0.2, 0.25) is 5.91 Å². The van der Waals surface area contributed by atoms with E-state index in [1.165, 1.54) is 5.56 Å². The number of rotatable bonds is 4. The van der Waals surface area contributed by atoms with Gasteiger partial charge in [0.05, 0.1) is 0 Å². The summed E-state index contributed by atoms with van der Waals surface area (Å²) in [4.78, 5) is 26.6. The van der Waals surface area contributed by atoms with E-state index in [0.717, 1.165) is 18.6 Å². The molecule has 0 unspecified atom stereocenters. The second-order valence-electron chi connectivity index (χ2n) is 7.42. The normalized spacial score (nSPS) is 16.1. The van der Waals surface area contributed by atoms with Gasteiger partial charge in [-0.05, 0) is 36.8 Å². The molecule has 0 radical (unpaired) electrons. The number of nitrogens with zero attached hydrogens (tertiary/aromatic N) is 1. The lowest BCUT2D eigenvalue weighted by Crippen LogP contribution is -2.49. The number of hydrogen-bond donors (Lipinski definition) is 1. The van der Waals surface area contributed by atoms with Gasteiger partial charge >= 0.3 is 0 Å². The predicted octanol–water partition coefficient (Wildman–Crippen LogP) is 3.32. The van der Waals surface area contributed by atoms with Crippen LogP contribution in [0.2, 0.25) is 0 Å². The van der Waals surface area contributed by atoms with Gasteiger partial charge in [0, 0.05) is 35.9 Å². The van der Waals surface area contributed by atoms with Crippen LogP contribution in [0.25, 0.3) is 0 Å². The molecule has 1 fully saturated rings. The van der Waals surface area contributed by atoms with E-state index in [1.807, 2.05) is 49.9 Å². The number of amides is 2. The zero-order chi connectivity index (χ0) is 17.7. The van der Waals surface area contributed by atoms with Gasteiger partial charge in [0.25, 0.3) is 5.91 Å². The van der Waals surface area contributed by atoms with E-state index in [2.05, 4.69) is 11.6 Å². The zero-order valence-electron chi connectivity index (χ0n) is 15.1. The number of nitrogens with one attached hydrogen (secondary N) is 1. The van der Waals surface area contributed by atoms with Crippen molar-refractivity contribution in [1.29, 1.82) is 0 Å². The third kappa shape index (κ3) is 5.00. The molecule has 4 nitrogen and oxygen atoms in total. The summed E-state index contributed by atoms with van der Waals surface area (Å²) in [6, 6.07) is 7.94. The van der Waals surface area contributed by atoms with Crippen LogP contribution in [-0.2, 0) is 10.5 Å². The lowest BCUT2D eigenvalue weighted by molar-refractivity contribution is -0.140. The molecule has 1 aromatic carbocycles. The number of likely N-dealkylation sites (tertiary alicyclic amines) is 1. The molecule has 1 aliphatic heterocycles. The van der Waals surface area contributed by atoms with Gasteiger partial charge in [-0.1, -0.05) is 32.9 Å². The molecule has 0 bridgehead atoms. The van der Waals surface area contributed by atoms with Crippen LogP contribution in [0.1, 0.15) is 49.5 Å². The monoisotopic (exact) mass is 348 g/mol. The van der Waals surface area contributed by atoms with Crippen molar-refractivity contribution in [3.63, 3.8) is 0 Å². The van der Waals surface area contributed by atoms with E-state index >= 15 is 0 Å². The summed E-state index contributed by atoms with van der Waals surface area (Å²) < 4.78 is 0. The molecule has 1 heterocycles. The Bertz CT molecular complexity index is 570. The molecule has 0 aliphatic carbocycles. The SMILES string of the molecule is CSCc1ccc(C(=O)NC2CCN(C(=O)C(C)(C)C)CC2)cc1. The van der Waals surface area contributed by atoms with Crippen molar-refractivity contribution in [2.24, 2.45) is 5.41 Å². The molecule has 1 N–H and O–H groups in total. The van der Waals surface area contributed by atoms with Gasteiger partial charge in [0.1, 0.15) is 0 Å². The number of thioether (sulfide) groups is 1. The Morgan fingerprint density at radius 3 is 2.25 bits per heavy atom. The zero-order valence-corrected chi connectivity index (χ0v) is 15.9. The van der Waals surface area contributed by atoms with E-state index in [4.69, 9.17) is 0 Å². The van der Waals surface area contributed by atoms with Crippen LogP contribution >= 0.6 is 11.8 Å². The molecule has 24 heavy (non-hydrogen) atoms. The summed E-state index contributed by atoms with van der Waals surface area (Å²) in [7, 11) is 0. The molecule has 1 aliphatic rings. The third-order valence-electron chi connectivity index (χ3n) is 4.29. The molecule has 0 atom stereocenters. The molecule has 2 amide bonds. The second kappa shape index (κ2) is 8.06. The molecule has 2 rings (SSSR count). The van der Waals surface area contributed by atoms with Gasteiger partial charge in [0.15, 0.2) is 0 Å². The van der Waals surface area contributed by atoms with Crippen LogP contribution in [0.4, 0.5) is 0 Å². The van der Waals surface area contributed by atoms with Crippen LogP contribution in [-0.4, -0.2) is 42.1 Å². The van der Waals surface area contributed by atoms with Crippen LogP contribution in [0.3, 0.4) is 0 Å². The third-order valence-corrected chi connectivity index (χ3v) is 4.91. The first-order valence-corrected chi connectivity index (χ1v) is 9.89. The fourth-order valence-corrected chi connectivity index (χ4v) is 3.41. The predicted molar refractivity (Wildman–Crippen MR) is 100 cm³/mol. The Morgan fingerprint density at radius 1 is 1.17 bits per heavy atom. The van der Waals surface area contributed by atoms with Crippen molar-refractivity contribution in [1.82, 2.24) is 10.2 Å². The minimum atomic E-state index is -0.339. The Labute approximate surface area is 149 Å². The van der Waals surface area contributed by atoms with Gasteiger partial charge < -0.3 is 10.2 Å². The average Bonchev–Trinajstić information content (AvgIpc) is 2.55. The number of carbonyl (C=O) groups is 2. The summed E-state index contributed by atoms with van der Waals surface area (Å²) in [5.74, 6) is 1.13. The first kappa shape index (κ1) is 18.8. The van der Waals surface area contributed by atoms with Gasteiger partial charge in [-0.2, -0.15) is 11.8 Å². The summed E-state index contributed by atoms with van der Waals surface area (Å²) >= 11 is 1.77. The maximum absolute atomic E-state index is 12.4. The minimum absolute atomic E-state index is 0.0219. The highest BCUT2D eigenvalue weighted by molar-refractivity contribution is 7.97. The van der Waals surface area contributed by atoms with E-state index in [0.29, 0.717) is 18.7 Å². The fourth-order valence-electron chi connectivity index (χ4n) is 2.89. The lowest BCUT2D eigenvalue weighted by Gasteiger charge is -2.36. The van der Waals surface area contributed by atoms with Crippen molar-refractivity contribution < 1.29 is 9.59 Å². The Balaban J connectivity index is 1.85. The van der Waals surface area contributed by atoms with Crippen LogP contribution in [0, 0.1) is 5.41 Å². The summed E-state index contributed by atoms with van der Waals surface area (Å²) in [5, 5.41) is 3.10. The average molecular weight is 349 g/mol. The van der Waals surface area contributed by atoms with Gasteiger partial charge in [-0.15, -0.1) is 0 Å². The molecular weight excluding hydrogens is 320 g/mol. The van der Waals surface area contributed by atoms with Crippen LogP contribution in [0.5, 0.6) is 0 Å². The Kier molecular flexibility index (Phi) is 6.33. The highest BCUT2D eigenvalue weighted by Crippen LogP contribution is 2.21. The molecule has 0 aromatic heterocycles. The van der Waals surface area contributed by atoms with E-state index < -0.39 is 0 Å². The van der Waals surface area contributed by atoms with Crippen molar-refractivity contribution in [3.8, 4) is 0 Å². The maximum atomic E-state index is 12.4. The maximum Gasteiger partial charge on any atom is 0.251 e. The van der Waals surface area contributed by atoms with Gasteiger partial charge in [-0.3, -0.25) is 9.59 Å². The topological polar surface area (TPSA) is 49.4 Å². The van der Waals surface area contributed by atoms with E-state index in [1.54, 1.807) is 11.8 Å². The highest BCUT2D eigenvalue weighted by atomic mass is 32.2. The van der Waals surface area contributed by atoms with E-state index in [9.17, 15) is 9.59 Å². The van der Waals surface area contributed by atoms with Crippen molar-refractivity contribution in [3.05, 3.63) is 35.4 Å². The number of carbonyl (C=O) groups excluding carboxylic acids is 2. The first-order chi connectivity index (χ1) is 11.3. The number of piperidine rings is 1. The van der Waals surface area contributed by atoms with Crippen molar-refractivity contribution >= 4 is 23.6 Å². The largest absolute Gasteiger partial charge is 0.349 e. The number of hydrogen-bond acceptors (Lipinski definition) is 3. The van der Waals surface area contributed by atoms with E-state index in [-0.39, 0.29) is 23.3 Å². The highest BCUT2D eigenvalue weighted by Gasteiger charge is 2.30. The van der Waals surface area contributed by atoms with Crippen LogP contribution < -0.4 is 5.32 Å². The fraction of sp³-hybridized carbons (Fsp3) is 0.579. The molecule has 132 valence electrons.